The minimum atomic E-state index is 0.365. The third-order valence-electron chi connectivity index (χ3n) is 2.44. The van der Waals surface area contributed by atoms with Crippen molar-refractivity contribution in [2.45, 2.75) is 0 Å². The molecular weight excluding hydrogens is 287 g/mol. The van der Waals surface area contributed by atoms with Gasteiger partial charge >= 0.3 is 0 Å². The van der Waals surface area contributed by atoms with Crippen LogP contribution in [-0.2, 0) is 0 Å². The second-order valence-corrected chi connectivity index (χ2v) is 4.57. The van der Waals surface area contributed by atoms with E-state index in [9.17, 15) is 4.79 Å². The highest BCUT2D eigenvalue weighted by Gasteiger charge is 2.10. The molecule has 0 fully saturated rings. The van der Waals surface area contributed by atoms with Gasteiger partial charge < -0.3 is 9.47 Å². The van der Waals surface area contributed by atoms with Crippen molar-refractivity contribution in [3.8, 4) is 17.2 Å². The van der Waals surface area contributed by atoms with E-state index in [2.05, 4.69) is 0 Å². The lowest BCUT2D eigenvalue weighted by molar-refractivity contribution is 0.112. The van der Waals surface area contributed by atoms with Gasteiger partial charge in [0.1, 0.15) is 5.75 Å². The summed E-state index contributed by atoms with van der Waals surface area (Å²) in [6, 6.07) is 9.78. The quantitative estimate of drug-likeness (QED) is 0.773. The number of carbonyl (C=O) groups is 1. The number of methoxy groups -OCH3 is 1. The van der Waals surface area contributed by atoms with Crippen molar-refractivity contribution >= 4 is 29.5 Å². The summed E-state index contributed by atoms with van der Waals surface area (Å²) in [5.74, 6) is 1.36. The van der Waals surface area contributed by atoms with Gasteiger partial charge in [-0.05, 0) is 30.3 Å². The molecule has 0 aliphatic heterocycles. The van der Waals surface area contributed by atoms with Crippen LogP contribution in [0.5, 0.6) is 17.2 Å². The minimum absolute atomic E-state index is 0.365. The average molecular weight is 297 g/mol. The first kappa shape index (κ1) is 13.7. The molecule has 0 heterocycles. The van der Waals surface area contributed by atoms with E-state index in [0.717, 1.165) is 0 Å². The zero-order chi connectivity index (χ0) is 13.8. The zero-order valence-electron chi connectivity index (χ0n) is 10.0. The predicted octanol–water partition coefficient (Wildman–Crippen LogP) is 4.61. The zero-order valence-corrected chi connectivity index (χ0v) is 11.5. The van der Waals surface area contributed by atoms with Crippen LogP contribution in [0, 0.1) is 0 Å². The van der Waals surface area contributed by atoms with E-state index >= 15 is 0 Å². The summed E-state index contributed by atoms with van der Waals surface area (Å²) >= 11 is 11.7. The summed E-state index contributed by atoms with van der Waals surface area (Å²) in [6.07, 6.45) is 0.684. The summed E-state index contributed by atoms with van der Waals surface area (Å²) in [5.41, 5.74) is 0.365. The van der Waals surface area contributed by atoms with E-state index in [4.69, 9.17) is 32.7 Å². The number of rotatable bonds is 4. The number of hydrogen-bond acceptors (Lipinski definition) is 3. The molecule has 19 heavy (non-hydrogen) atoms. The number of benzene rings is 2. The molecule has 0 bridgehead atoms. The van der Waals surface area contributed by atoms with E-state index < -0.39 is 0 Å². The van der Waals surface area contributed by atoms with E-state index in [0.29, 0.717) is 39.1 Å². The van der Waals surface area contributed by atoms with Crippen molar-refractivity contribution < 1.29 is 14.3 Å². The second-order valence-electron chi connectivity index (χ2n) is 3.70. The van der Waals surface area contributed by atoms with Crippen molar-refractivity contribution in [3.63, 3.8) is 0 Å². The molecule has 2 aromatic carbocycles. The molecular formula is C14H10Cl2O3. The van der Waals surface area contributed by atoms with Crippen LogP contribution in [0.3, 0.4) is 0 Å². The average Bonchev–Trinajstić information content (AvgIpc) is 2.42. The highest BCUT2D eigenvalue weighted by molar-refractivity contribution is 6.31. The fraction of sp³-hybridized carbons (Fsp3) is 0.0714. The first-order valence-electron chi connectivity index (χ1n) is 5.40. The minimum Gasteiger partial charge on any atom is -0.493 e. The smallest absolute Gasteiger partial charge is 0.169 e. The van der Waals surface area contributed by atoms with Gasteiger partial charge in [-0.25, -0.2) is 0 Å². The molecule has 0 aliphatic rings. The standard InChI is InChI=1S/C14H10Cl2O3/c1-18-14-7-11(16)3-5-13(14)19-12-4-2-10(15)6-9(12)8-17/h2-8H,1H3. The van der Waals surface area contributed by atoms with Crippen molar-refractivity contribution in [2.75, 3.05) is 7.11 Å². The number of carbonyl (C=O) groups excluding carboxylic acids is 1. The van der Waals surface area contributed by atoms with Gasteiger partial charge in [0.25, 0.3) is 0 Å². The van der Waals surface area contributed by atoms with Crippen LogP contribution in [0.15, 0.2) is 36.4 Å². The molecule has 0 radical (unpaired) electrons. The van der Waals surface area contributed by atoms with Gasteiger partial charge in [0, 0.05) is 16.1 Å². The Morgan fingerprint density at radius 2 is 1.58 bits per heavy atom. The lowest BCUT2D eigenvalue weighted by atomic mass is 10.2. The SMILES string of the molecule is COc1cc(Cl)ccc1Oc1ccc(Cl)cc1C=O. The molecule has 0 amide bonds. The van der Waals surface area contributed by atoms with Gasteiger partial charge in [0.15, 0.2) is 17.8 Å². The summed E-state index contributed by atoms with van der Waals surface area (Å²) in [4.78, 5) is 11.0. The fourth-order valence-electron chi connectivity index (χ4n) is 1.55. The maximum absolute atomic E-state index is 11.0. The molecule has 0 atom stereocenters. The van der Waals surface area contributed by atoms with E-state index in [1.807, 2.05) is 0 Å². The van der Waals surface area contributed by atoms with Gasteiger partial charge in [-0.3, -0.25) is 4.79 Å². The molecule has 0 N–H and O–H groups in total. The summed E-state index contributed by atoms with van der Waals surface area (Å²) in [6.45, 7) is 0. The topological polar surface area (TPSA) is 35.5 Å². The van der Waals surface area contributed by atoms with E-state index in [1.54, 1.807) is 30.3 Å². The molecule has 98 valence electrons. The molecule has 3 nitrogen and oxygen atoms in total. The predicted molar refractivity (Wildman–Crippen MR) is 74.9 cm³/mol. The van der Waals surface area contributed by atoms with Gasteiger partial charge in [-0.2, -0.15) is 0 Å². The van der Waals surface area contributed by atoms with Crippen LogP contribution in [0.25, 0.3) is 0 Å². The largest absolute Gasteiger partial charge is 0.493 e. The monoisotopic (exact) mass is 296 g/mol. The van der Waals surface area contributed by atoms with E-state index in [1.165, 1.54) is 13.2 Å². The Kier molecular flexibility index (Phi) is 4.30. The highest BCUT2D eigenvalue weighted by Crippen LogP contribution is 2.35. The first-order valence-corrected chi connectivity index (χ1v) is 6.15. The lowest BCUT2D eigenvalue weighted by Crippen LogP contribution is -1.93. The van der Waals surface area contributed by atoms with Crippen LogP contribution in [0.1, 0.15) is 10.4 Å². The van der Waals surface area contributed by atoms with Gasteiger partial charge in [-0.15, -0.1) is 0 Å². The molecule has 2 aromatic rings. The summed E-state index contributed by atoms with van der Waals surface area (Å²) < 4.78 is 10.8. The molecule has 0 saturated heterocycles. The highest BCUT2D eigenvalue weighted by atomic mass is 35.5. The molecule has 0 unspecified atom stereocenters. The maximum atomic E-state index is 11.0. The summed E-state index contributed by atoms with van der Waals surface area (Å²) in [7, 11) is 1.51. The number of ether oxygens (including phenoxy) is 2. The van der Waals surface area contributed by atoms with Crippen LogP contribution < -0.4 is 9.47 Å². The number of aldehydes is 1. The molecule has 0 saturated carbocycles. The number of hydrogen-bond donors (Lipinski definition) is 0. The Bertz CT molecular complexity index is 612. The van der Waals surface area contributed by atoms with Crippen molar-refractivity contribution in [3.05, 3.63) is 52.0 Å². The molecule has 0 aliphatic carbocycles. The van der Waals surface area contributed by atoms with Crippen LogP contribution >= 0.6 is 23.2 Å². The molecule has 2 rings (SSSR count). The molecule has 5 heteroatoms. The fourth-order valence-corrected chi connectivity index (χ4v) is 1.89. The Labute approximate surface area is 120 Å². The van der Waals surface area contributed by atoms with Crippen molar-refractivity contribution in [1.82, 2.24) is 0 Å². The third-order valence-corrected chi connectivity index (χ3v) is 2.91. The van der Waals surface area contributed by atoms with Crippen LogP contribution in [0.2, 0.25) is 10.0 Å². The number of halogens is 2. The first-order chi connectivity index (χ1) is 9.13. The van der Waals surface area contributed by atoms with Gasteiger partial charge in [0.05, 0.1) is 12.7 Å². The summed E-state index contributed by atoms with van der Waals surface area (Å²) in [5, 5.41) is 1.01. The Morgan fingerprint density at radius 3 is 2.21 bits per heavy atom. The van der Waals surface area contributed by atoms with Crippen LogP contribution in [0.4, 0.5) is 0 Å². The maximum Gasteiger partial charge on any atom is 0.169 e. The lowest BCUT2D eigenvalue weighted by Gasteiger charge is -2.12. The second kappa shape index (κ2) is 5.95. The Balaban J connectivity index is 2.38. The van der Waals surface area contributed by atoms with Crippen molar-refractivity contribution in [2.24, 2.45) is 0 Å². The Hall–Kier alpha value is -1.71. The Morgan fingerprint density at radius 1 is 0.947 bits per heavy atom. The molecule has 0 aromatic heterocycles. The van der Waals surface area contributed by atoms with Gasteiger partial charge in [0.2, 0.25) is 0 Å². The van der Waals surface area contributed by atoms with E-state index in [-0.39, 0.29) is 0 Å². The van der Waals surface area contributed by atoms with Crippen LogP contribution in [-0.4, -0.2) is 13.4 Å². The van der Waals surface area contributed by atoms with Gasteiger partial charge in [-0.1, -0.05) is 23.2 Å². The normalized spacial score (nSPS) is 10.1. The molecule has 0 spiro atoms. The third kappa shape index (κ3) is 3.19. The van der Waals surface area contributed by atoms with Crippen molar-refractivity contribution in [1.29, 1.82) is 0 Å².